The Morgan fingerprint density at radius 2 is 1.72 bits per heavy atom. The van der Waals surface area contributed by atoms with E-state index in [2.05, 4.69) is 22.4 Å². The van der Waals surface area contributed by atoms with Crippen LogP contribution >= 0.6 is 22.9 Å². The van der Waals surface area contributed by atoms with Crippen LogP contribution < -0.4 is 4.74 Å². The number of thiophene rings is 1. The molecule has 0 radical (unpaired) electrons. The first-order valence-electron chi connectivity index (χ1n) is 14.3. The summed E-state index contributed by atoms with van der Waals surface area (Å²) in [5.41, 5.74) is 5.68. The van der Waals surface area contributed by atoms with Crippen molar-refractivity contribution in [2.75, 3.05) is 7.11 Å². The van der Waals surface area contributed by atoms with Gasteiger partial charge in [0.15, 0.2) is 0 Å². The SMILES string of the molecule is CCn1nnc2c(C)c(C(c3cc(COCc4ccc(OC)cc4)c(Cl)s3)C(C)(C)C(=O)OCc3ccccc3)ccc21. The highest BCUT2D eigenvalue weighted by Crippen LogP contribution is 2.48. The lowest BCUT2D eigenvalue weighted by atomic mass is 9.72. The summed E-state index contributed by atoms with van der Waals surface area (Å²) in [6.45, 7) is 9.66. The van der Waals surface area contributed by atoms with E-state index < -0.39 is 5.41 Å². The van der Waals surface area contributed by atoms with Crippen molar-refractivity contribution in [2.45, 2.75) is 60.0 Å². The van der Waals surface area contributed by atoms with E-state index in [-0.39, 0.29) is 18.5 Å². The van der Waals surface area contributed by atoms with Crippen molar-refractivity contribution < 1.29 is 19.0 Å². The number of hydrogen-bond acceptors (Lipinski definition) is 7. The summed E-state index contributed by atoms with van der Waals surface area (Å²) in [6, 6.07) is 23.7. The van der Waals surface area contributed by atoms with Crippen LogP contribution in [-0.4, -0.2) is 28.1 Å². The third-order valence-electron chi connectivity index (χ3n) is 7.80. The normalized spacial score (nSPS) is 12.4. The summed E-state index contributed by atoms with van der Waals surface area (Å²) < 4.78 is 19.7. The largest absolute Gasteiger partial charge is 0.497 e. The van der Waals surface area contributed by atoms with Gasteiger partial charge in [0.2, 0.25) is 0 Å². The highest BCUT2D eigenvalue weighted by atomic mass is 35.5. The Labute approximate surface area is 261 Å². The fourth-order valence-corrected chi connectivity index (χ4v) is 6.89. The van der Waals surface area contributed by atoms with Crippen molar-refractivity contribution in [3.05, 3.63) is 110 Å². The van der Waals surface area contributed by atoms with Gasteiger partial charge in [0.25, 0.3) is 0 Å². The summed E-state index contributed by atoms with van der Waals surface area (Å²) in [5, 5.41) is 8.81. The molecule has 1 unspecified atom stereocenters. The number of aryl methyl sites for hydroxylation is 2. The number of fused-ring (bicyclic) bond motifs is 1. The molecule has 0 N–H and O–H groups in total. The van der Waals surface area contributed by atoms with Gasteiger partial charge in [0.05, 0.1) is 35.6 Å². The molecule has 0 saturated heterocycles. The number of carbonyl (C=O) groups excluding carboxylic acids is 1. The van der Waals surface area contributed by atoms with Crippen LogP contribution in [-0.2, 0) is 40.6 Å². The summed E-state index contributed by atoms with van der Waals surface area (Å²) >= 11 is 8.28. The van der Waals surface area contributed by atoms with Crippen molar-refractivity contribution in [1.29, 1.82) is 0 Å². The van der Waals surface area contributed by atoms with E-state index >= 15 is 0 Å². The minimum absolute atomic E-state index is 0.203. The molecule has 5 aromatic rings. The van der Waals surface area contributed by atoms with Crippen molar-refractivity contribution in [1.82, 2.24) is 15.0 Å². The Kier molecular flexibility index (Phi) is 9.49. The smallest absolute Gasteiger partial charge is 0.312 e. The second-order valence-corrected chi connectivity index (χ2v) is 12.7. The van der Waals surface area contributed by atoms with Gasteiger partial charge < -0.3 is 14.2 Å². The molecule has 2 aromatic heterocycles. The second kappa shape index (κ2) is 13.3. The summed E-state index contributed by atoms with van der Waals surface area (Å²) in [4.78, 5) is 14.8. The predicted octanol–water partition coefficient (Wildman–Crippen LogP) is 8.10. The van der Waals surface area contributed by atoms with E-state index in [1.165, 1.54) is 11.3 Å². The maximum atomic E-state index is 13.8. The van der Waals surface area contributed by atoms with Gasteiger partial charge in [-0.15, -0.1) is 16.4 Å². The van der Waals surface area contributed by atoms with E-state index in [1.54, 1.807) is 7.11 Å². The molecule has 3 aromatic carbocycles. The molecule has 1 atom stereocenters. The molecule has 43 heavy (non-hydrogen) atoms. The summed E-state index contributed by atoms with van der Waals surface area (Å²) in [6.07, 6.45) is 0. The molecule has 0 spiro atoms. The minimum atomic E-state index is -0.927. The number of hydrogen-bond donors (Lipinski definition) is 0. The fraction of sp³-hybridized carbons (Fsp3) is 0.324. The molecular weight excluding hydrogens is 582 g/mol. The predicted molar refractivity (Wildman–Crippen MR) is 171 cm³/mol. The van der Waals surface area contributed by atoms with Crippen LogP contribution in [0.3, 0.4) is 0 Å². The molecule has 0 aliphatic heterocycles. The van der Waals surface area contributed by atoms with E-state index in [1.807, 2.05) is 93.0 Å². The van der Waals surface area contributed by atoms with E-state index in [0.717, 1.165) is 56.0 Å². The molecular formula is C34H36ClN3O4S. The van der Waals surface area contributed by atoms with Gasteiger partial charge in [0.1, 0.15) is 17.9 Å². The zero-order valence-electron chi connectivity index (χ0n) is 25.1. The lowest BCUT2D eigenvalue weighted by Crippen LogP contribution is -2.34. The van der Waals surface area contributed by atoms with Crippen LogP contribution in [0, 0.1) is 12.3 Å². The number of ether oxygens (including phenoxy) is 3. The Hall–Kier alpha value is -3.72. The summed E-state index contributed by atoms with van der Waals surface area (Å²) in [7, 11) is 1.65. The lowest BCUT2D eigenvalue weighted by Gasteiger charge is -2.33. The molecule has 0 aliphatic rings. The van der Waals surface area contributed by atoms with Crippen LogP contribution in [0.1, 0.15) is 59.4 Å². The number of carbonyl (C=O) groups is 1. The molecule has 0 aliphatic carbocycles. The molecule has 7 nitrogen and oxygen atoms in total. The Morgan fingerprint density at radius 3 is 2.42 bits per heavy atom. The number of nitrogens with zero attached hydrogens (tertiary/aromatic N) is 3. The Bertz CT molecular complexity index is 1700. The van der Waals surface area contributed by atoms with Gasteiger partial charge in [-0.05, 0) is 74.2 Å². The molecule has 0 bridgehead atoms. The average molecular weight is 618 g/mol. The van der Waals surface area contributed by atoms with Gasteiger partial charge in [-0.1, -0.05) is 65.3 Å². The molecule has 224 valence electrons. The third kappa shape index (κ3) is 6.61. The zero-order chi connectivity index (χ0) is 30.6. The zero-order valence-corrected chi connectivity index (χ0v) is 26.7. The van der Waals surface area contributed by atoms with E-state index in [9.17, 15) is 4.79 Å². The topological polar surface area (TPSA) is 75.5 Å². The van der Waals surface area contributed by atoms with Gasteiger partial charge in [0, 0.05) is 22.9 Å². The maximum Gasteiger partial charge on any atom is 0.312 e. The fourth-order valence-electron chi connectivity index (χ4n) is 5.32. The monoisotopic (exact) mass is 617 g/mol. The number of methoxy groups -OCH3 is 1. The third-order valence-corrected chi connectivity index (χ3v) is 9.30. The number of esters is 1. The van der Waals surface area contributed by atoms with Crippen molar-refractivity contribution >= 4 is 39.9 Å². The molecule has 0 fully saturated rings. The quantitative estimate of drug-likeness (QED) is 0.132. The summed E-state index contributed by atoms with van der Waals surface area (Å²) in [5.74, 6) is 0.167. The highest BCUT2D eigenvalue weighted by Gasteiger charge is 2.42. The number of aromatic nitrogens is 3. The van der Waals surface area contributed by atoms with Gasteiger partial charge >= 0.3 is 5.97 Å². The average Bonchev–Trinajstić information content (AvgIpc) is 3.61. The van der Waals surface area contributed by atoms with Gasteiger partial charge in [-0.3, -0.25) is 4.79 Å². The first-order valence-corrected chi connectivity index (χ1v) is 15.4. The lowest BCUT2D eigenvalue weighted by molar-refractivity contribution is -0.156. The molecule has 0 amide bonds. The second-order valence-electron chi connectivity index (χ2n) is 11.1. The van der Waals surface area contributed by atoms with Crippen LogP contribution in [0.2, 0.25) is 4.34 Å². The van der Waals surface area contributed by atoms with Crippen molar-refractivity contribution in [3.8, 4) is 5.75 Å². The van der Waals surface area contributed by atoms with Crippen LogP contribution in [0.15, 0.2) is 72.8 Å². The highest BCUT2D eigenvalue weighted by molar-refractivity contribution is 7.16. The van der Waals surface area contributed by atoms with Crippen molar-refractivity contribution in [2.24, 2.45) is 5.41 Å². The number of benzene rings is 3. The van der Waals surface area contributed by atoms with E-state index in [4.69, 9.17) is 25.8 Å². The Balaban J connectivity index is 1.46. The minimum Gasteiger partial charge on any atom is -0.497 e. The van der Waals surface area contributed by atoms with E-state index in [0.29, 0.717) is 17.6 Å². The van der Waals surface area contributed by atoms with Crippen LogP contribution in [0.4, 0.5) is 0 Å². The molecule has 2 heterocycles. The molecule has 5 rings (SSSR count). The molecule has 9 heteroatoms. The maximum absolute atomic E-state index is 13.8. The standard InChI is InChI=1S/C34H36ClN3O4S/c1-6-38-28-17-16-27(22(2)31(28)36-37-38)30(34(3,4)33(39)42-20-23-10-8-7-9-11-23)29-18-25(32(35)43-29)21-41-19-24-12-14-26(40-5)15-13-24/h7-18,30H,6,19-21H2,1-5H3. The Morgan fingerprint density at radius 1 is 1.00 bits per heavy atom. The number of rotatable bonds is 12. The number of halogens is 1. The molecule has 0 saturated carbocycles. The van der Waals surface area contributed by atoms with Crippen molar-refractivity contribution in [3.63, 3.8) is 0 Å². The van der Waals surface area contributed by atoms with Crippen LogP contribution in [0.25, 0.3) is 11.0 Å². The first-order chi connectivity index (χ1) is 20.7. The first kappa shape index (κ1) is 30.7. The van der Waals surface area contributed by atoms with Gasteiger partial charge in [-0.2, -0.15) is 0 Å². The van der Waals surface area contributed by atoms with Crippen LogP contribution in [0.5, 0.6) is 5.75 Å². The van der Waals surface area contributed by atoms with Gasteiger partial charge in [-0.25, -0.2) is 4.68 Å².